The van der Waals surface area contributed by atoms with Crippen LogP contribution >= 0.6 is 0 Å². The molecule has 24 heteroatoms. The van der Waals surface area contributed by atoms with Crippen LogP contribution < -0.4 is 0 Å². The molecule has 0 aromatic carbocycles. The number of rotatable bonds is 32. The van der Waals surface area contributed by atoms with Crippen molar-refractivity contribution in [3.63, 3.8) is 0 Å². The van der Waals surface area contributed by atoms with Crippen molar-refractivity contribution in [3.8, 4) is 0 Å². The first-order chi connectivity index (χ1) is 31.0. The molecular weight excluding hydrogens is 876 g/mol. The second kappa shape index (κ2) is 32.3. The fourth-order valence-electron chi connectivity index (χ4n) is 6.10. The zero-order chi connectivity index (χ0) is 48.1. The Morgan fingerprint density at radius 1 is 0.400 bits per heavy atom. The van der Waals surface area contributed by atoms with Gasteiger partial charge < -0.3 is 80.5 Å². The molecule has 10 atom stereocenters. The van der Waals surface area contributed by atoms with Gasteiger partial charge in [-0.3, -0.25) is 33.6 Å². The van der Waals surface area contributed by atoms with E-state index in [0.29, 0.717) is 59.5 Å². The van der Waals surface area contributed by atoms with Gasteiger partial charge in [0.25, 0.3) is 0 Å². The highest BCUT2D eigenvalue weighted by Crippen LogP contribution is 2.35. The van der Waals surface area contributed by atoms with Crippen LogP contribution in [0.3, 0.4) is 0 Å². The summed E-state index contributed by atoms with van der Waals surface area (Å²) in [5.74, 6) is -5.95. The van der Waals surface area contributed by atoms with E-state index in [2.05, 4.69) is 6.58 Å². The molecule has 0 spiro atoms. The lowest BCUT2D eigenvalue weighted by Crippen LogP contribution is -2.67. The number of carbonyl (C=O) groups is 7. The summed E-state index contributed by atoms with van der Waals surface area (Å²) < 4.78 is 95.1. The number of hydrogen-bond acceptors (Lipinski definition) is 24. The predicted octanol–water partition coefficient (Wildman–Crippen LogP) is -0.0917. The first-order valence-electron chi connectivity index (χ1n) is 20.8. The summed E-state index contributed by atoms with van der Waals surface area (Å²) in [5.41, 5.74) is 0. The Hall–Kier alpha value is -4.37. The van der Waals surface area contributed by atoms with Crippen LogP contribution in [0.15, 0.2) is 12.7 Å². The lowest BCUT2D eigenvalue weighted by atomic mass is 9.96. The van der Waals surface area contributed by atoms with Crippen LogP contribution in [0.25, 0.3) is 0 Å². The van der Waals surface area contributed by atoms with Gasteiger partial charge in [0.1, 0.15) is 31.5 Å². The minimum Gasteiger partial charge on any atom is -0.463 e. The molecule has 0 radical (unpaired) electrons. The fourth-order valence-corrected chi connectivity index (χ4v) is 6.10. The summed E-state index contributed by atoms with van der Waals surface area (Å²) >= 11 is 0. The van der Waals surface area contributed by atoms with Crippen LogP contribution in [0.5, 0.6) is 0 Å². The van der Waals surface area contributed by atoms with Crippen molar-refractivity contribution in [3.05, 3.63) is 12.7 Å². The van der Waals surface area contributed by atoms with Gasteiger partial charge in [0.2, 0.25) is 0 Å². The molecule has 372 valence electrons. The Balaban J connectivity index is 2.15. The number of hydrogen-bond donors (Lipinski definition) is 0. The van der Waals surface area contributed by atoms with Crippen molar-refractivity contribution in [1.82, 2.24) is 0 Å². The van der Waals surface area contributed by atoms with E-state index in [1.165, 1.54) is 0 Å². The largest absolute Gasteiger partial charge is 0.463 e. The lowest BCUT2D eigenvalue weighted by molar-refractivity contribution is -0.361. The van der Waals surface area contributed by atoms with E-state index < -0.39 is 116 Å². The molecule has 2 saturated heterocycles. The molecule has 2 aliphatic heterocycles. The van der Waals surface area contributed by atoms with E-state index in [1.54, 1.807) is 6.08 Å². The van der Waals surface area contributed by atoms with Gasteiger partial charge in [0.15, 0.2) is 43.1 Å². The highest BCUT2D eigenvalue weighted by molar-refractivity contribution is 5.69. The Morgan fingerprint density at radius 3 is 1.12 bits per heavy atom. The Labute approximate surface area is 377 Å². The average molecular weight is 941 g/mol. The highest BCUT2D eigenvalue weighted by atomic mass is 16.8. The third-order valence-corrected chi connectivity index (χ3v) is 8.49. The van der Waals surface area contributed by atoms with Crippen molar-refractivity contribution in [2.24, 2.45) is 0 Å². The molecule has 0 N–H and O–H groups in total. The fraction of sp³-hybridized carbons (Fsp3) is 0.780. The van der Waals surface area contributed by atoms with Crippen molar-refractivity contribution in [2.75, 3.05) is 99.1 Å². The minimum absolute atomic E-state index is 0.00702. The average Bonchev–Trinajstić information content (AvgIpc) is 3.21. The molecule has 2 rings (SSSR count). The molecule has 0 aromatic heterocycles. The van der Waals surface area contributed by atoms with Crippen molar-refractivity contribution in [1.29, 1.82) is 0 Å². The van der Waals surface area contributed by atoms with Crippen LogP contribution in [-0.2, 0) is 114 Å². The number of carbonyl (C=O) groups excluding carboxylic acids is 7. The maximum Gasteiger partial charge on any atom is 0.303 e. The Bertz CT molecular complexity index is 1470. The summed E-state index contributed by atoms with van der Waals surface area (Å²) in [6, 6.07) is 0. The zero-order valence-electron chi connectivity index (χ0n) is 38.0. The second-order valence-electron chi connectivity index (χ2n) is 14.0. The summed E-state index contributed by atoms with van der Waals surface area (Å²) in [5, 5.41) is 0. The molecular formula is C41H64O24. The first-order valence-corrected chi connectivity index (χ1v) is 20.8. The van der Waals surface area contributed by atoms with Gasteiger partial charge in [-0.05, 0) is 0 Å². The third kappa shape index (κ3) is 23.6. The van der Waals surface area contributed by atoms with Gasteiger partial charge in [-0.2, -0.15) is 0 Å². The standard InChI is InChI=1S/C41H64O24/c1-9-10-49-11-12-50-13-14-51-15-16-52-17-18-53-19-20-54-21-22-55-40-38(61-30(7)47)37(60-29(6)46)35(33(63-40)24-57-26(3)43)65-41-39(62-31(8)48)36(59-28(5)45)34(58-27(4)44)32(64-41)23-56-25(2)42/h9,32-41H,1,10-24H2,2-8H3/t32?,33-,34+,35-,36+,37?,38?,39?,40+,41+/m1/s1. The van der Waals surface area contributed by atoms with Gasteiger partial charge in [-0.1, -0.05) is 6.08 Å². The maximum atomic E-state index is 12.6. The lowest BCUT2D eigenvalue weighted by Gasteiger charge is -2.48. The van der Waals surface area contributed by atoms with Crippen molar-refractivity contribution >= 4 is 41.8 Å². The first kappa shape index (κ1) is 56.8. The smallest absolute Gasteiger partial charge is 0.303 e. The SMILES string of the molecule is C=CCOCCOCCOCCOCCOCCOCCO[C@H]1O[C@H](COC(C)=O)[C@@H](O[C@@H]2OC(COC(C)=O)[C@H](OC(C)=O)[C@H](OC(C)=O)C2OC(C)=O)C(OC(C)=O)C1OC(C)=O. The molecule has 2 fully saturated rings. The molecule has 0 aromatic rings. The molecule has 0 bridgehead atoms. The molecule has 0 amide bonds. The summed E-state index contributed by atoms with van der Waals surface area (Å²) in [7, 11) is 0. The van der Waals surface area contributed by atoms with Crippen LogP contribution in [0, 0.1) is 0 Å². The normalized spacial score (nSPS) is 25.1. The summed E-state index contributed by atoms with van der Waals surface area (Å²) in [6.07, 6.45) is -14.1. The van der Waals surface area contributed by atoms with Gasteiger partial charge in [0, 0.05) is 48.5 Å². The van der Waals surface area contributed by atoms with E-state index in [1.807, 2.05) is 0 Å². The zero-order valence-corrected chi connectivity index (χ0v) is 38.0. The molecule has 4 unspecified atom stereocenters. The molecule has 65 heavy (non-hydrogen) atoms. The molecule has 0 aliphatic carbocycles. The van der Waals surface area contributed by atoms with Crippen molar-refractivity contribution in [2.45, 2.75) is 110 Å². The van der Waals surface area contributed by atoms with Gasteiger partial charge in [0.05, 0.1) is 85.9 Å². The van der Waals surface area contributed by atoms with Crippen molar-refractivity contribution < 1.29 is 114 Å². The summed E-state index contributed by atoms with van der Waals surface area (Å²) in [4.78, 5) is 86.1. The van der Waals surface area contributed by atoms with Gasteiger partial charge in [-0.15, -0.1) is 6.58 Å². The molecule has 2 heterocycles. The van der Waals surface area contributed by atoms with E-state index in [4.69, 9.17) is 80.5 Å². The van der Waals surface area contributed by atoms with Gasteiger partial charge >= 0.3 is 41.8 Å². The minimum atomic E-state index is -1.82. The predicted molar refractivity (Wildman–Crippen MR) is 214 cm³/mol. The maximum absolute atomic E-state index is 12.6. The molecule has 24 nitrogen and oxygen atoms in total. The monoisotopic (exact) mass is 940 g/mol. The van der Waals surface area contributed by atoms with E-state index in [-0.39, 0.29) is 26.4 Å². The van der Waals surface area contributed by atoms with E-state index >= 15 is 0 Å². The third-order valence-electron chi connectivity index (χ3n) is 8.49. The van der Waals surface area contributed by atoms with Crippen LogP contribution in [0.2, 0.25) is 0 Å². The van der Waals surface area contributed by atoms with Crippen LogP contribution in [-0.4, -0.2) is 202 Å². The van der Waals surface area contributed by atoms with Crippen LogP contribution in [0.4, 0.5) is 0 Å². The van der Waals surface area contributed by atoms with Crippen LogP contribution in [0.1, 0.15) is 48.5 Å². The Morgan fingerprint density at radius 2 is 0.723 bits per heavy atom. The van der Waals surface area contributed by atoms with Gasteiger partial charge in [-0.25, -0.2) is 0 Å². The summed E-state index contributed by atoms with van der Waals surface area (Å²) in [6.45, 7) is 13.8. The number of ether oxygens (including phenoxy) is 17. The topological polar surface area (TPSA) is 276 Å². The highest BCUT2D eigenvalue weighted by Gasteiger charge is 2.57. The second-order valence-corrected chi connectivity index (χ2v) is 14.0. The molecule has 2 aliphatic rings. The quantitative estimate of drug-likeness (QED) is 0.0369. The van der Waals surface area contributed by atoms with E-state index in [0.717, 1.165) is 48.5 Å². The molecule has 0 saturated carbocycles. The Kier molecular flexibility index (Phi) is 28.2. The number of esters is 7. The van der Waals surface area contributed by atoms with E-state index in [9.17, 15) is 33.6 Å².